The Balaban J connectivity index is 2.08. The van der Waals surface area contributed by atoms with Gasteiger partial charge in [0.15, 0.2) is 0 Å². The zero-order valence-corrected chi connectivity index (χ0v) is 12.2. The van der Waals surface area contributed by atoms with E-state index in [0.717, 1.165) is 19.4 Å². The minimum absolute atomic E-state index is 0.0815. The van der Waals surface area contributed by atoms with Crippen LogP contribution in [-0.4, -0.2) is 26.9 Å². The van der Waals surface area contributed by atoms with E-state index in [1.165, 1.54) is 19.3 Å². The van der Waals surface area contributed by atoms with Crippen LogP contribution in [0.1, 0.15) is 39.0 Å². The molecule has 0 amide bonds. The number of pyridine rings is 1. The zero-order chi connectivity index (χ0) is 14.8. The van der Waals surface area contributed by atoms with E-state index in [-0.39, 0.29) is 10.7 Å². The van der Waals surface area contributed by atoms with E-state index in [2.05, 4.69) is 9.88 Å². The lowest BCUT2D eigenvalue weighted by molar-refractivity contribution is -0.389. The summed E-state index contributed by atoms with van der Waals surface area (Å²) in [5.74, 6) is 0.596. The lowest BCUT2D eigenvalue weighted by Crippen LogP contribution is -2.37. The standard InChI is InChI=1S/C15H20N4O2/c1-2-17(12-8-4-3-5-9-12)14-15(19(20)21)18-11-7-6-10-13(18)16-14/h6-7,10-12H,2-5,8-9H2,1H3. The van der Waals surface area contributed by atoms with Crippen molar-refractivity contribution in [1.82, 2.24) is 9.38 Å². The first-order valence-electron chi connectivity index (χ1n) is 7.60. The highest BCUT2D eigenvalue weighted by atomic mass is 16.6. The van der Waals surface area contributed by atoms with Crippen molar-refractivity contribution in [2.75, 3.05) is 11.4 Å². The highest BCUT2D eigenvalue weighted by Crippen LogP contribution is 2.33. The lowest BCUT2D eigenvalue weighted by atomic mass is 9.94. The van der Waals surface area contributed by atoms with Gasteiger partial charge in [-0.2, -0.15) is 9.38 Å². The van der Waals surface area contributed by atoms with Gasteiger partial charge in [0.2, 0.25) is 11.5 Å². The van der Waals surface area contributed by atoms with Crippen molar-refractivity contribution < 1.29 is 4.92 Å². The van der Waals surface area contributed by atoms with Crippen molar-refractivity contribution in [3.05, 3.63) is 34.5 Å². The fourth-order valence-corrected chi connectivity index (χ4v) is 3.31. The zero-order valence-electron chi connectivity index (χ0n) is 12.2. The maximum absolute atomic E-state index is 11.5. The maximum Gasteiger partial charge on any atom is 0.372 e. The van der Waals surface area contributed by atoms with Gasteiger partial charge in [0.25, 0.3) is 0 Å². The van der Waals surface area contributed by atoms with Gasteiger partial charge in [-0.25, -0.2) is 0 Å². The molecule has 0 saturated heterocycles. The second-order valence-electron chi connectivity index (χ2n) is 5.52. The third-order valence-corrected chi connectivity index (χ3v) is 4.29. The van der Waals surface area contributed by atoms with Gasteiger partial charge in [-0.1, -0.05) is 25.3 Å². The Bertz CT molecular complexity index is 646. The first-order chi connectivity index (χ1) is 10.2. The molecule has 3 rings (SSSR count). The maximum atomic E-state index is 11.5. The topological polar surface area (TPSA) is 63.7 Å². The Hall–Kier alpha value is -2.11. The molecule has 112 valence electrons. The Kier molecular flexibility index (Phi) is 3.77. The summed E-state index contributed by atoms with van der Waals surface area (Å²) >= 11 is 0. The summed E-state index contributed by atoms with van der Waals surface area (Å²) in [5, 5.41) is 11.5. The van der Waals surface area contributed by atoms with E-state index in [9.17, 15) is 10.1 Å². The number of hydrogen-bond donors (Lipinski definition) is 0. The summed E-state index contributed by atoms with van der Waals surface area (Å²) < 4.78 is 1.57. The summed E-state index contributed by atoms with van der Waals surface area (Å²) in [7, 11) is 0. The molecule has 0 unspecified atom stereocenters. The van der Waals surface area contributed by atoms with E-state index in [1.807, 2.05) is 19.1 Å². The van der Waals surface area contributed by atoms with E-state index in [1.54, 1.807) is 16.7 Å². The predicted molar refractivity (Wildman–Crippen MR) is 81.7 cm³/mol. The number of anilines is 1. The molecule has 2 heterocycles. The van der Waals surface area contributed by atoms with Crippen molar-refractivity contribution in [2.45, 2.75) is 45.1 Å². The molecule has 6 heteroatoms. The minimum atomic E-state index is -0.319. The van der Waals surface area contributed by atoms with E-state index < -0.39 is 0 Å². The first kappa shape index (κ1) is 13.9. The van der Waals surface area contributed by atoms with Crippen LogP contribution in [0.25, 0.3) is 5.65 Å². The molecule has 0 aromatic carbocycles. The van der Waals surface area contributed by atoms with E-state index >= 15 is 0 Å². The van der Waals surface area contributed by atoms with Gasteiger partial charge >= 0.3 is 5.82 Å². The molecule has 2 aromatic rings. The van der Waals surface area contributed by atoms with Gasteiger partial charge < -0.3 is 15.0 Å². The van der Waals surface area contributed by atoms with Crippen molar-refractivity contribution in [2.24, 2.45) is 0 Å². The van der Waals surface area contributed by atoms with Gasteiger partial charge in [0.05, 0.1) is 6.20 Å². The summed E-state index contributed by atoms with van der Waals surface area (Å²) in [6, 6.07) is 5.83. The number of nitro groups is 1. The van der Waals surface area contributed by atoms with Crippen LogP contribution in [0.2, 0.25) is 0 Å². The first-order valence-corrected chi connectivity index (χ1v) is 7.60. The summed E-state index contributed by atoms with van der Waals surface area (Å²) in [6.07, 6.45) is 7.56. The van der Waals surface area contributed by atoms with Crippen LogP contribution in [0.5, 0.6) is 0 Å². The molecule has 1 saturated carbocycles. The van der Waals surface area contributed by atoms with Crippen molar-refractivity contribution in [3.8, 4) is 0 Å². The Labute approximate surface area is 123 Å². The summed E-state index contributed by atoms with van der Waals surface area (Å²) in [5.41, 5.74) is 0.633. The number of aromatic nitrogens is 2. The average Bonchev–Trinajstić information content (AvgIpc) is 2.88. The molecule has 21 heavy (non-hydrogen) atoms. The highest BCUT2D eigenvalue weighted by molar-refractivity contribution is 5.64. The van der Waals surface area contributed by atoms with Gasteiger partial charge in [-0.05, 0) is 30.8 Å². The summed E-state index contributed by atoms with van der Waals surface area (Å²) in [6.45, 7) is 2.79. The fraction of sp³-hybridized carbons (Fsp3) is 0.533. The van der Waals surface area contributed by atoms with Gasteiger partial charge in [-0.3, -0.25) is 0 Å². The molecule has 0 spiro atoms. The normalized spacial score (nSPS) is 16.2. The number of hydrogen-bond acceptors (Lipinski definition) is 4. The molecule has 1 aliphatic rings. The molecular formula is C15H20N4O2. The third kappa shape index (κ3) is 2.46. The Morgan fingerprint density at radius 2 is 2.14 bits per heavy atom. The Morgan fingerprint density at radius 1 is 1.38 bits per heavy atom. The second kappa shape index (κ2) is 5.71. The summed E-state index contributed by atoms with van der Waals surface area (Å²) in [4.78, 5) is 17.8. The largest absolute Gasteiger partial charge is 0.372 e. The number of rotatable bonds is 4. The molecule has 0 N–H and O–H groups in total. The smallest absolute Gasteiger partial charge is 0.358 e. The lowest BCUT2D eigenvalue weighted by Gasteiger charge is -2.33. The predicted octanol–water partition coefficient (Wildman–Crippen LogP) is 3.40. The van der Waals surface area contributed by atoms with Crippen LogP contribution in [0.3, 0.4) is 0 Å². The SMILES string of the molecule is CCN(c1nc2ccccn2c1[N+](=O)[O-])C1CCCCC1. The van der Waals surface area contributed by atoms with Crippen LogP contribution in [0, 0.1) is 10.1 Å². The fourth-order valence-electron chi connectivity index (χ4n) is 3.31. The van der Waals surface area contributed by atoms with E-state index in [0.29, 0.717) is 17.5 Å². The van der Waals surface area contributed by atoms with Gasteiger partial charge in [0, 0.05) is 18.7 Å². The molecule has 0 radical (unpaired) electrons. The van der Waals surface area contributed by atoms with Crippen LogP contribution in [0.4, 0.5) is 11.6 Å². The quantitative estimate of drug-likeness (QED) is 0.639. The van der Waals surface area contributed by atoms with Gasteiger partial charge in [0.1, 0.15) is 0 Å². The molecule has 0 bridgehead atoms. The van der Waals surface area contributed by atoms with Crippen LogP contribution in [-0.2, 0) is 0 Å². The second-order valence-corrected chi connectivity index (χ2v) is 5.52. The molecule has 0 atom stereocenters. The van der Waals surface area contributed by atoms with Gasteiger partial charge in [-0.15, -0.1) is 0 Å². The number of nitrogens with zero attached hydrogens (tertiary/aromatic N) is 4. The third-order valence-electron chi connectivity index (χ3n) is 4.29. The molecule has 0 aliphatic heterocycles. The highest BCUT2D eigenvalue weighted by Gasteiger charge is 2.30. The number of fused-ring (bicyclic) bond motifs is 1. The molecular weight excluding hydrogens is 268 g/mol. The van der Waals surface area contributed by atoms with E-state index in [4.69, 9.17) is 0 Å². The van der Waals surface area contributed by atoms with Crippen LogP contribution in [0.15, 0.2) is 24.4 Å². The molecule has 2 aromatic heterocycles. The van der Waals surface area contributed by atoms with Crippen LogP contribution < -0.4 is 4.90 Å². The van der Waals surface area contributed by atoms with Crippen LogP contribution >= 0.6 is 0 Å². The average molecular weight is 288 g/mol. The molecule has 1 fully saturated rings. The molecule has 1 aliphatic carbocycles. The monoisotopic (exact) mass is 288 g/mol. The van der Waals surface area contributed by atoms with Crippen molar-refractivity contribution in [1.29, 1.82) is 0 Å². The minimum Gasteiger partial charge on any atom is -0.358 e. The molecule has 6 nitrogen and oxygen atoms in total. The van der Waals surface area contributed by atoms with Crippen molar-refractivity contribution in [3.63, 3.8) is 0 Å². The van der Waals surface area contributed by atoms with Crippen molar-refractivity contribution >= 4 is 17.3 Å². The Morgan fingerprint density at radius 3 is 2.81 bits per heavy atom. The number of imidazole rings is 1.